The number of para-hydroxylation sites is 1. The van der Waals surface area contributed by atoms with Gasteiger partial charge in [-0.1, -0.05) is 30.3 Å². The van der Waals surface area contributed by atoms with Crippen molar-refractivity contribution in [3.63, 3.8) is 0 Å². The van der Waals surface area contributed by atoms with Crippen LogP contribution >= 0.6 is 0 Å². The van der Waals surface area contributed by atoms with E-state index in [9.17, 15) is 9.18 Å². The highest BCUT2D eigenvalue weighted by Gasteiger charge is 2.37. The first-order valence-corrected chi connectivity index (χ1v) is 9.05. The number of anilines is 1. The molecule has 4 rings (SSSR count). The summed E-state index contributed by atoms with van der Waals surface area (Å²) in [6, 6.07) is 16.5. The van der Waals surface area contributed by atoms with Gasteiger partial charge in [-0.15, -0.1) is 0 Å². The molecule has 2 atom stereocenters. The Kier molecular flexibility index (Phi) is 4.86. The molecule has 0 spiro atoms. The SMILES string of the molecule is O=C(C1CNNC1c1ccc(F)cc1)N1CCN(c2ccccc2)CC1. The zero-order chi connectivity index (χ0) is 17.9. The Morgan fingerprint density at radius 3 is 2.35 bits per heavy atom. The standard InChI is InChI=1S/C20H23FN4O/c21-16-8-6-15(7-9-16)19-18(14-22-23-19)20(26)25-12-10-24(11-13-25)17-4-2-1-3-5-17/h1-9,18-19,22-23H,10-14H2. The average Bonchev–Trinajstić information content (AvgIpc) is 3.19. The van der Waals surface area contributed by atoms with Crippen LogP contribution in [0.5, 0.6) is 0 Å². The zero-order valence-electron chi connectivity index (χ0n) is 14.6. The van der Waals surface area contributed by atoms with E-state index in [-0.39, 0.29) is 23.7 Å². The monoisotopic (exact) mass is 354 g/mol. The van der Waals surface area contributed by atoms with Crippen LogP contribution in [0.1, 0.15) is 11.6 Å². The van der Waals surface area contributed by atoms with Gasteiger partial charge in [0, 0.05) is 38.4 Å². The summed E-state index contributed by atoms with van der Waals surface area (Å²) in [7, 11) is 0. The van der Waals surface area contributed by atoms with Crippen molar-refractivity contribution in [1.29, 1.82) is 0 Å². The quantitative estimate of drug-likeness (QED) is 0.884. The van der Waals surface area contributed by atoms with Crippen LogP contribution in [0, 0.1) is 11.7 Å². The van der Waals surface area contributed by atoms with Crippen LogP contribution in [-0.4, -0.2) is 43.5 Å². The Balaban J connectivity index is 1.40. The predicted molar refractivity (Wildman–Crippen MR) is 99.0 cm³/mol. The Morgan fingerprint density at radius 1 is 0.962 bits per heavy atom. The van der Waals surface area contributed by atoms with Gasteiger partial charge in [0.15, 0.2) is 0 Å². The number of carbonyl (C=O) groups excluding carboxylic acids is 1. The number of hydrogen-bond donors (Lipinski definition) is 2. The summed E-state index contributed by atoms with van der Waals surface area (Å²) in [6.07, 6.45) is 0. The summed E-state index contributed by atoms with van der Waals surface area (Å²) < 4.78 is 13.2. The Bertz CT molecular complexity index is 744. The van der Waals surface area contributed by atoms with E-state index in [0.29, 0.717) is 6.54 Å². The highest BCUT2D eigenvalue weighted by Crippen LogP contribution is 2.27. The minimum Gasteiger partial charge on any atom is -0.368 e. The highest BCUT2D eigenvalue weighted by molar-refractivity contribution is 5.80. The first-order valence-electron chi connectivity index (χ1n) is 9.05. The van der Waals surface area contributed by atoms with E-state index in [2.05, 4.69) is 27.9 Å². The summed E-state index contributed by atoms with van der Waals surface area (Å²) in [5.74, 6) is -0.284. The van der Waals surface area contributed by atoms with Gasteiger partial charge in [-0.2, -0.15) is 0 Å². The number of halogens is 1. The highest BCUT2D eigenvalue weighted by atomic mass is 19.1. The van der Waals surface area contributed by atoms with Gasteiger partial charge in [-0.25, -0.2) is 9.82 Å². The van der Waals surface area contributed by atoms with Crippen molar-refractivity contribution < 1.29 is 9.18 Å². The molecule has 0 saturated carbocycles. The zero-order valence-corrected chi connectivity index (χ0v) is 14.6. The second-order valence-corrected chi connectivity index (χ2v) is 6.81. The number of nitrogens with zero attached hydrogens (tertiary/aromatic N) is 2. The van der Waals surface area contributed by atoms with Gasteiger partial charge in [-0.3, -0.25) is 10.2 Å². The van der Waals surface area contributed by atoms with E-state index in [1.165, 1.54) is 17.8 Å². The minimum atomic E-state index is -0.264. The third kappa shape index (κ3) is 3.43. The molecule has 0 aliphatic carbocycles. The van der Waals surface area contributed by atoms with E-state index >= 15 is 0 Å². The van der Waals surface area contributed by atoms with Crippen molar-refractivity contribution in [2.45, 2.75) is 6.04 Å². The van der Waals surface area contributed by atoms with E-state index in [1.807, 2.05) is 23.1 Å². The lowest BCUT2D eigenvalue weighted by molar-refractivity contribution is -0.135. The second kappa shape index (κ2) is 7.43. The molecule has 2 fully saturated rings. The first kappa shape index (κ1) is 17.0. The molecule has 0 bridgehead atoms. The Morgan fingerprint density at radius 2 is 1.65 bits per heavy atom. The summed E-state index contributed by atoms with van der Waals surface area (Å²) in [5, 5.41) is 0. The van der Waals surface area contributed by atoms with Crippen molar-refractivity contribution in [2.24, 2.45) is 5.92 Å². The maximum Gasteiger partial charge on any atom is 0.229 e. The molecule has 0 radical (unpaired) electrons. The van der Waals surface area contributed by atoms with Crippen molar-refractivity contribution in [3.8, 4) is 0 Å². The van der Waals surface area contributed by atoms with Crippen LogP contribution < -0.4 is 15.8 Å². The van der Waals surface area contributed by atoms with Gasteiger partial charge in [0.05, 0.1) is 12.0 Å². The molecule has 136 valence electrons. The lowest BCUT2D eigenvalue weighted by Gasteiger charge is -2.37. The number of benzene rings is 2. The minimum absolute atomic E-state index is 0.129. The van der Waals surface area contributed by atoms with Crippen LogP contribution in [0.3, 0.4) is 0 Å². The molecule has 1 amide bonds. The van der Waals surface area contributed by atoms with Gasteiger partial charge < -0.3 is 9.80 Å². The van der Waals surface area contributed by atoms with Crippen LogP contribution in [0.4, 0.5) is 10.1 Å². The number of hydrazine groups is 1. The van der Waals surface area contributed by atoms with E-state index in [1.54, 1.807) is 12.1 Å². The number of nitrogens with one attached hydrogen (secondary N) is 2. The topological polar surface area (TPSA) is 47.6 Å². The smallest absolute Gasteiger partial charge is 0.229 e. The van der Waals surface area contributed by atoms with Gasteiger partial charge in [-0.05, 0) is 29.8 Å². The number of hydrogen-bond acceptors (Lipinski definition) is 4. The fourth-order valence-corrected chi connectivity index (χ4v) is 3.77. The summed E-state index contributed by atoms with van der Waals surface area (Å²) in [6.45, 7) is 3.70. The largest absolute Gasteiger partial charge is 0.368 e. The molecule has 2 aromatic rings. The van der Waals surface area contributed by atoms with E-state index < -0.39 is 0 Å². The van der Waals surface area contributed by atoms with Crippen LogP contribution in [0.15, 0.2) is 54.6 Å². The molecule has 2 unspecified atom stereocenters. The lowest BCUT2D eigenvalue weighted by atomic mass is 9.93. The molecule has 2 aliphatic rings. The molecule has 6 heteroatoms. The summed E-state index contributed by atoms with van der Waals surface area (Å²) in [4.78, 5) is 17.3. The van der Waals surface area contributed by atoms with Crippen LogP contribution in [0.2, 0.25) is 0 Å². The molecule has 2 N–H and O–H groups in total. The van der Waals surface area contributed by atoms with Crippen molar-refractivity contribution in [1.82, 2.24) is 15.8 Å². The predicted octanol–water partition coefficient (Wildman–Crippen LogP) is 1.94. The second-order valence-electron chi connectivity index (χ2n) is 6.81. The van der Waals surface area contributed by atoms with Gasteiger partial charge in [0.1, 0.15) is 5.82 Å². The maximum atomic E-state index is 13.2. The fourth-order valence-electron chi connectivity index (χ4n) is 3.77. The normalized spacial score (nSPS) is 23.3. The molecule has 2 aliphatic heterocycles. The van der Waals surface area contributed by atoms with E-state index in [4.69, 9.17) is 0 Å². The van der Waals surface area contributed by atoms with Gasteiger partial charge >= 0.3 is 0 Å². The molecule has 5 nitrogen and oxygen atoms in total. The Hall–Kier alpha value is -2.44. The third-order valence-electron chi connectivity index (χ3n) is 5.24. The molecule has 26 heavy (non-hydrogen) atoms. The number of amides is 1. The van der Waals surface area contributed by atoms with Crippen LogP contribution in [-0.2, 0) is 4.79 Å². The van der Waals surface area contributed by atoms with E-state index in [0.717, 1.165) is 31.7 Å². The lowest BCUT2D eigenvalue weighted by Crippen LogP contribution is -2.51. The van der Waals surface area contributed by atoms with Gasteiger partial charge in [0.25, 0.3) is 0 Å². The molecular formula is C20H23FN4O. The Labute approximate surface area is 152 Å². The average molecular weight is 354 g/mol. The van der Waals surface area contributed by atoms with Crippen molar-refractivity contribution >= 4 is 11.6 Å². The molecule has 0 aromatic heterocycles. The first-order chi connectivity index (χ1) is 12.7. The maximum absolute atomic E-state index is 13.2. The van der Waals surface area contributed by atoms with Crippen LogP contribution in [0.25, 0.3) is 0 Å². The fraction of sp³-hybridized carbons (Fsp3) is 0.350. The summed E-state index contributed by atoms with van der Waals surface area (Å²) in [5.41, 5.74) is 8.39. The molecule has 2 aromatic carbocycles. The molecule has 2 saturated heterocycles. The molecular weight excluding hydrogens is 331 g/mol. The van der Waals surface area contributed by atoms with Crippen molar-refractivity contribution in [2.75, 3.05) is 37.6 Å². The molecule has 2 heterocycles. The third-order valence-corrected chi connectivity index (χ3v) is 5.24. The summed E-state index contributed by atoms with van der Waals surface area (Å²) >= 11 is 0. The van der Waals surface area contributed by atoms with Gasteiger partial charge in [0.2, 0.25) is 5.91 Å². The number of rotatable bonds is 3. The van der Waals surface area contributed by atoms with Crippen molar-refractivity contribution in [3.05, 3.63) is 66.0 Å². The number of carbonyl (C=O) groups is 1. The number of piperazine rings is 1.